The average Bonchev–Trinajstić information content (AvgIpc) is 2.51. The molecule has 0 fully saturated rings. The first-order chi connectivity index (χ1) is 10.9. The lowest BCUT2D eigenvalue weighted by Gasteiger charge is -2.11. The van der Waals surface area contributed by atoms with Gasteiger partial charge >= 0.3 is 0 Å². The van der Waals surface area contributed by atoms with Crippen molar-refractivity contribution in [3.63, 3.8) is 0 Å². The van der Waals surface area contributed by atoms with E-state index in [1.54, 1.807) is 12.2 Å². The van der Waals surface area contributed by atoms with E-state index in [0.29, 0.717) is 5.56 Å². The number of nitrogens with one attached hydrogen (secondary N) is 1. The molecule has 7 heteroatoms. The van der Waals surface area contributed by atoms with Gasteiger partial charge in [-0.1, -0.05) is 0 Å². The Kier molecular flexibility index (Phi) is 5.33. The molecule has 2 rings (SSSR count). The number of rotatable bonds is 5. The Bertz CT molecular complexity index is 721. The maximum absolute atomic E-state index is 13.2. The molecule has 0 bridgehead atoms. The molecule has 0 saturated carbocycles. The van der Waals surface area contributed by atoms with Crippen LogP contribution in [0.5, 0.6) is 0 Å². The fraction of sp³-hybridized carbons (Fsp3) is 0.188. The van der Waals surface area contributed by atoms with E-state index in [4.69, 9.17) is 0 Å². The first-order valence-corrected chi connectivity index (χ1v) is 6.90. The Balaban J connectivity index is 1.90. The van der Waals surface area contributed by atoms with Crippen LogP contribution in [-0.4, -0.2) is 12.5 Å². The quantitative estimate of drug-likeness (QED) is 0.815. The van der Waals surface area contributed by atoms with Crippen LogP contribution in [0.3, 0.4) is 0 Å². The van der Waals surface area contributed by atoms with Gasteiger partial charge in [-0.2, -0.15) is 0 Å². The standard InChI is InChI=1S/C16H14F4N2O/c1-9(10-2-4-12(17)14(19)6-10)21-8-16(23)22-11-3-5-13(18)15(20)7-11/h2-7,9,21H,8H2,1H3,(H,22,23)/p+1/t9-/m0/s1. The number of hydrogen-bond acceptors (Lipinski definition) is 1. The van der Waals surface area contributed by atoms with Crippen LogP contribution in [0.1, 0.15) is 18.5 Å². The predicted octanol–water partition coefficient (Wildman–Crippen LogP) is 2.51. The highest BCUT2D eigenvalue weighted by Gasteiger charge is 2.14. The number of amides is 1. The Morgan fingerprint density at radius 1 is 1.00 bits per heavy atom. The SMILES string of the molecule is C[C@H]([NH2+]CC(=O)Nc1ccc(F)c(F)c1)c1ccc(F)c(F)c1. The van der Waals surface area contributed by atoms with Gasteiger partial charge in [-0.05, 0) is 37.3 Å². The molecule has 1 amide bonds. The van der Waals surface area contributed by atoms with Gasteiger partial charge < -0.3 is 10.6 Å². The lowest BCUT2D eigenvalue weighted by Crippen LogP contribution is -2.86. The highest BCUT2D eigenvalue weighted by atomic mass is 19.2. The second-order valence-electron chi connectivity index (χ2n) is 5.08. The second kappa shape index (κ2) is 7.23. The second-order valence-corrected chi connectivity index (χ2v) is 5.08. The molecule has 0 unspecified atom stereocenters. The molecule has 0 saturated heterocycles. The zero-order valence-electron chi connectivity index (χ0n) is 12.2. The monoisotopic (exact) mass is 327 g/mol. The van der Waals surface area contributed by atoms with Crippen LogP contribution >= 0.6 is 0 Å². The van der Waals surface area contributed by atoms with Crippen LogP contribution in [0.25, 0.3) is 0 Å². The predicted molar refractivity (Wildman–Crippen MR) is 76.6 cm³/mol. The molecular weight excluding hydrogens is 312 g/mol. The van der Waals surface area contributed by atoms with E-state index in [1.165, 1.54) is 12.1 Å². The Labute approximate surface area is 130 Å². The molecule has 2 aromatic carbocycles. The van der Waals surface area contributed by atoms with Crippen LogP contribution in [0.15, 0.2) is 36.4 Å². The number of carbonyl (C=O) groups is 1. The smallest absolute Gasteiger partial charge is 0.279 e. The van der Waals surface area contributed by atoms with Crippen molar-refractivity contribution in [2.75, 3.05) is 11.9 Å². The van der Waals surface area contributed by atoms with Gasteiger partial charge in [-0.3, -0.25) is 4.79 Å². The van der Waals surface area contributed by atoms with Gasteiger partial charge in [0, 0.05) is 17.3 Å². The largest absolute Gasteiger partial charge is 0.333 e. The molecule has 3 nitrogen and oxygen atoms in total. The zero-order chi connectivity index (χ0) is 17.0. The van der Waals surface area contributed by atoms with Gasteiger partial charge in [0.25, 0.3) is 5.91 Å². The molecule has 2 aromatic rings. The maximum Gasteiger partial charge on any atom is 0.279 e. The zero-order valence-corrected chi connectivity index (χ0v) is 12.2. The summed E-state index contributed by atoms with van der Waals surface area (Å²) in [6.45, 7) is 1.72. The molecule has 3 N–H and O–H groups in total. The van der Waals surface area contributed by atoms with E-state index in [0.717, 1.165) is 24.3 Å². The minimum atomic E-state index is -1.05. The number of quaternary nitrogens is 1. The van der Waals surface area contributed by atoms with Crippen LogP contribution in [-0.2, 0) is 4.79 Å². The van der Waals surface area contributed by atoms with E-state index in [9.17, 15) is 22.4 Å². The minimum absolute atomic E-state index is 0.0147. The normalized spacial score (nSPS) is 12.0. The molecule has 0 aliphatic carbocycles. The summed E-state index contributed by atoms with van der Waals surface area (Å²) in [4.78, 5) is 11.8. The fourth-order valence-corrected chi connectivity index (χ4v) is 2.00. The summed E-state index contributed by atoms with van der Waals surface area (Å²) < 4.78 is 51.9. The van der Waals surface area contributed by atoms with Crippen molar-refractivity contribution in [2.24, 2.45) is 0 Å². The Morgan fingerprint density at radius 3 is 2.22 bits per heavy atom. The molecule has 23 heavy (non-hydrogen) atoms. The first-order valence-electron chi connectivity index (χ1n) is 6.90. The lowest BCUT2D eigenvalue weighted by molar-refractivity contribution is -0.682. The minimum Gasteiger partial charge on any atom is -0.333 e. The number of carbonyl (C=O) groups excluding carboxylic acids is 1. The van der Waals surface area contributed by atoms with Crippen molar-refractivity contribution in [3.8, 4) is 0 Å². The van der Waals surface area contributed by atoms with E-state index >= 15 is 0 Å². The highest BCUT2D eigenvalue weighted by Crippen LogP contribution is 2.14. The lowest BCUT2D eigenvalue weighted by atomic mass is 10.1. The molecule has 0 aliphatic rings. The van der Waals surface area contributed by atoms with Crippen molar-refractivity contribution in [1.29, 1.82) is 0 Å². The van der Waals surface area contributed by atoms with Crippen molar-refractivity contribution < 1.29 is 27.7 Å². The van der Waals surface area contributed by atoms with E-state index in [-0.39, 0.29) is 18.3 Å². The molecule has 0 heterocycles. The summed E-state index contributed by atoms with van der Waals surface area (Å²) in [5.41, 5.74) is 0.673. The van der Waals surface area contributed by atoms with Crippen molar-refractivity contribution >= 4 is 11.6 Å². The third-order valence-electron chi connectivity index (χ3n) is 3.33. The average molecular weight is 327 g/mol. The number of anilines is 1. The number of halogens is 4. The third kappa shape index (κ3) is 4.53. The van der Waals surface area contributed by atoms with Gasteiger partial charge in [-0.15, -0.1) is 0 Å². The van der Waals surface area contributed by atoms with E-state index in [2.05, 4.69) is 5.32 Å². The van der Waals surface area contributed by atoms with E-state index in [1.807, 2.05) is 0 Å². The summed E-state index contributed by atoms with van der Waals surface area (Å²) in [5, 5.41) is 4.04. The number of benzene rings is 2. The van der Waals surface area contributed by atoms with Crippen molar-refractivity contribution in [2.45, 2.75) is 13.0 Å². The molecule has 0 aliphatic heterocycles. The van der Waals surface area contributed by atoms with Crippen LogP contribution in [0, 0.1) is 23.3 Å². The molecule has 0 aromatic heterocycles. The van der Waals surface area contributed by atoms with Gasteiger partial charge in [-0.25, -0.2) is 17.6 Å². The molecule has 0 radical (unpaired) electrons. The summed E-state index contributed by atoms with van der Waals surface area (Å²) >= 11 is 0. The summed E-state index contributed by atoms with van der Waals surface area (Å²) in [5.74, 6) is -4.36. The Hall–Kier alpha value is -2.41. The van der Waals surface area contributed by atoms with Crippen LogP contribution in [0.4, 0.5) is 23.2 Å². The first kappa shape index (κ1) is 17.0. The van der Waals surface area contributed by atoms with Crippen molar-refractivity contribution in [1.82, 2.24) is 0 Å². The number of hydrogen-bond donors (Lipinski definition) is 2. The van der Waals surface area contributed by atoms with Crippen molar-refractivity contribution in [3.05, 3.63) is 65.2 Å². The Morgan fingerprint density at radius 2 is 1.61 bits per heavy atom. The third-order valence-corrected chi connectivity index (χ3v) is 3.33. The van der Waals surface area contributed by atoms with Crippen LogP contribution < -0.4 is 10.6 Å². The van der Waals surface area contributed by atoms with Gasteiger partial charge in [0.2, 0.25) is 0 Å². The van der Waals surface area contributed by atoms with E-state index < -0.39 is 29.2 Å². The van der Waals surface area contributed by atoms with Gasteiger partial charge in [0.15, 0.2) is 29.8 Å². The maximum atomic E-state index is 13.2. The van der Waals surface area contributed by atoms with Crippen LogP contribution in [0.2, 0.25) is 0 Å². The fourth-order valence-electron chi connectivity index (χ4n) is 2.00. The summed E-state index contributed by atoms with van der Waals surface area (Å²) in [6.07, 6.45) is 0. The molecule has 1 atom stereocenters. The number of nitrogens with two attached hydrogens (primary N) is 1. The molecular formula is C16H15F4N2O+. The summed E-state index contributed by atoms with van der Waals surface area (Å²) in [6, 6.07) is 6.30. The molecule has 0 spiro atoms. The topological polar surface area (TPSA) is 45.7 Å². The molecule has 122 valence electrons. The van der Waals surface area contributed by atoms with Gasteiger partial charge in [0.1, 0.15) is 6.04 Å². The van der Waals surface area contributed by atoms with Gasteiger partial charge in [0.05, 0.1) is 0 Å². The highest BCUT2D eigenvalue weighted by molar-refractivity contribution is 5.91. The summed E-state index contributed by atoms with van der Waals surface area (Å²) in [7, 11) is 0.